The normalized spacial score (nSPS) is 35.5. The molecule has 35 heavy (non-hydrogen) atoms. The molecule has 0 spiro atoms. The lowest BCUT2D eigenvalue weighted by Gasteiger charge is -2.61. The zero-order chi connectivity index (χ0) is 26.9. The average molecular weight is 503 g/mol. The van der Waals surface area contributed by atoms with Crippen molar-refractivity contribution in [2.45, 2.75) is 111 Å². The summed E-state index contributed by atoms with van der Waals surface area (Å²) in [5.41, 5.74) is -1.27. The predicted molar refractivity (Wildman–Crippen MR) is 129 cm³/mol. The molecule has 1 unspecified atom stereocenters. The molecule has 1 heterocycles. The lowest BCUT2D eigenvalue weighted by molar-refractivity contribution is -0.287. The smallest absolute Gasteiger partial charge is 0.431 e. The van der Waals surface area contributed by atoms with E-state index in [1.54, 1.807) is 0 Å². The second-order valence-corrected chi connectivity index (χ2v) is 11.3. The van der Waals surface area contributed by atoms with Crippen molar-refractivity contribution < 1.29 is 44.2 Å². The number of rotatable bonds is 8. The molecule has 7 atom stereocenters. The summed E-state index contributed by atoms with van der Waals surface area (Å²) in [6.45, 7) is 18.6. The fourth-order valence-electron chi connectivity index (χ4n) is 6.75. The van der Waals surface area contributed by atoms with Gasteiger partial charge in [0.2, 0.25) is 0 Å². The fraction of sp³-hybridized carbons (Fsp3) is 0.885. The first-order chi connectivity index (χ1) is 16.1. The van der Waals surface area contributed by atoms with E-state index >= 15 is 0 Å². The van der Waals surface area contributed by atoms with Crippen molar-refractivity contribution in [2.75, 3.05) is 6.61 Å². The van der Waals surface area contributed by atoms with Gasteiger partial charge in [-0.25, -0.2) is 4.79 Å². The molecule has 0 aromatic carbocycles. The van der Waals surface area contributed by atoms with Gasteiger partial charge in [0.25, 0.3) is 0 Å². The number of aliphatic hydroxyl groups is 4. The minimum atomic E-state index is -1.72. The van der Waals surface area contributed by atoms with E-state index in [4.69, 9.17) is 18.9 Å². The first-order valence-corrected chi connectivity index (χ1v) is 12.7. The first-order valence-electron chi connectivity index (χ1n) is 12.7. The third-order valence-electron chi connectivity index (χ3n) is 7.90. The summed E-state index contributed by atoms with van der Waals surface area (Å²) in [5, 5.41) is 39.3. The molecule has 1 saturated heterocycles. The average Bonchev–Trinajstić information content (AvgIpc) is 2.73. The zero-order valence-corrected chi connectivity index (χ0v) is 22.6. The molecule has 1 fully saturated rings. The van der Waals surface area contributed by atoms with Crippen LogP contribution in [0.15, 0.2) is 11.8 Å². The number of ether oxygens (including phenoxy) is 4. The highest BCUT2D eigenvalue weighted by Gasteiger charge is 2.62. The van der Waals surface area contributed by atoms with Crippen molar-refractivity contribution in [3.05, 3.63) is 11.8 Å². The molecule has 0 amide bonds. The van der Waals surface area contributed by atoms with Gasteiger partial charge in [0.05, 0.1) is 6.10 Å². The van der Waals surface area contributed by atoms with E-state index < -0.39 is 49.1 Å². The molecule has 2 rings (SSSR count). The van der Waals surface area contributed by atoms with E-state index in [-0.39, 0.29) is 29.3 Å². The summed E-state index contributed by atoms with van der Waals surface area (Å²) in [5.74, 6) is 1.47. The first kappa shape index (κ1) is 30.0. The van der Waals surface area contributed by atoms with E-state index in [9.17, 15) is 25.2 Å². The maximum Gasteiger partial charge on any atom is 0.513 e. The number of hydrogen-bond donors (Lipinski definition) is 4. The number of hydrogen-bond acceptors (Lipinski definition) is 9. The van der Waals surface area contributed by atoms with Crippen molar-refractivity contribution in [3.8, 4) is 0 Å². The number of carbonyl (C=O) groups is 1. The van der Waals surface area contributed by atoms with Crippen LogP contribution in [0.1, 0.15) is 68.7 Å². The molecular weight excluding hydrogens is 456 g/mol. The van der Waals surface area contributed by atoms with Crippen LogP contribution in [0.25, 0.3) is 0 Å². The van der Waals surface area contributed by atoms with Crippen molar-refractivity contribution in [2.24, 2.45) is 29.1 Å². The van der Waals surface area contributed by atoms with Gasteiger partial charge in [-0.2, -0.15) is 0 Å². The van der Waals surface area contributed by atoms with Gasteiger partial charge in [-0.3, -0.25) is 0 Å². The Bertz CT molecular complexity index is 739. The Morgan fingerprint density at radius 1 is 1.00 bits per heavy atom. The van der Waals surface area contributed by atoms with Crippen LogP contribution in [-0.2, 0) is 18.9 Å². The lowest BCUT2D eigenvalue weighted by Crippen LogP contribution is -2.63. The van der Waals surface area contributed by atoms with Crippen LogP contribution < -0.4 is 0 Å². The Hall–Kier alpha value is -1.23. The Kier molecular flexibility index (Phi) is 9.80. The van der Waals surface area contributed by atoms with Gasteiger partial charge >= 0.3 is 6.16 Å². The number of aliphatic hydroxyl groups excluding tert-OH is 4. The Labute approximate surface area is 209 Å². The number of carbonyl (C=O) groups excluding carboxylic acids is 1. The van der Waals surface area contributed by atoms with Gasteiger partial charge in [-0.1, -0.05) is 41.5 Å². The quantitative estimate of drug-likeness (QED) is 0.369. The van der Waals surface area contributed by atoms with Crippen molar-refractivity contribution in [3.63, 3.8) is 0 Å². The predicted octanol–water partition coefficient (Wildman–Crippen LogP) is 2.98. The maximum absolute atomic E-state index is 12.8. The van der Waals surface area contributed by atoms with E-state index in [0.29, 0.717) is 18.1 Å². The molecular formula is C26H46O9. The van der Waals surface area contributed by atoms with Crippen LogP contribution in [0, 0.1) is 29.1 Å². The molecule has 0 radical (unpaired) electrons. The fourth-order valence-corrected chi connectivity index (χ4v) is 6.75. The van der Waals surface area contributed by atoms with Gasteiger partial charge in [0, 0.05) is 5.41 Å². The van der Waals surface area contributed by atoms with Crippen LogP contribution in [0.5, 0.6) is 0 Å². The van der Waals surface area contributed by atoms with E-state index in [1.165, 1.54) is 0 Å². The highest BCUT2D eigenvalue weighted by Crippen LogP contribution is 2.61. The van der Waals surface area contributed by atoms with Crippen molar-refractivity contribution in [1.82, 2.24) is 0 Å². The maximum atomic E-state index is 12.8. The van der Waals surface area contributed by atoms with Gasteiger partial charge in [-0.05, 0) is 56.9 Å². The molecule has 0 bridgehead atoms. The molecule has 204 valence electrons. The van der Waals surface area contributed by atoms with Crippen LogP contribution in [0.2, 0.25) is 0 Å². The second kappa shape index (κ2) is 11.4. The monoisotopic (exact) mass is 502 g/mol. The van der Waals surface area contributed by atoms with E-state index in [1.807, 2.05) is 26.8 Å². The summed E-state index contributed by atoms with van der Waals surface area (Å²) >= 11 is 0. The van der Waals surface area contributed by atoms with Crippen molar-refractivity contribution in [1.29, 1.82) is 0 Å². The molecule has 1 aliphatic heterocycles. The minimum Gasteiger partial charge on any atom is -0.431 e. The van der Waals surface area contributed by atoms with E-state index in [2.05, 4.69) is 41.5 Å². The molecule has 9 nitrogen and oxygen atoms in total. The minimum absolute atomic E-state index is 0.133. The summed E-state index contributed by atoms with van der Waals surface area (Å²) in [4.78, 5) is 12.8. The van der Waals surface area contributed by atoms with Crippen LogP contribution in [0.3, 0.4) is 0 Å². The largest absolute Gasteiger partial charge is 0.513 e. The molecule has 0 aromatic rings. The summed E-state index contributed by atoms with van der Waals surface area (Å²) in [7, 11) is 0. The third-order valence-corrected chi connectivity index (χ3v) is 7.90. The van der Waals surface area contributed by atoms with Gasteiger partial charge in [0.15, 0.2) is 6.29 Å². The molecule has 1 aliphatic carbocycles. The Morgan fingerprint density at radius 3 is 2.06 bits per heavy atom. The Morgan fingerprint density at radius 2 is 1.57 bits per heavy atom. The standard InChI is InChI=1S/C26H46O9/c1-13(2)17-10-11-19(25(9,35-16(7)8)26(17,14(3)4)15(5)6)34-24(31)32-12-18-20(27)21(28)22(29)23(30)33-18/h11,13-18,20-23,27-30H,10,12H2,1-9H3/t17?,18-,20+,21+,22-,23+,25+/m1/s1. The van der Waals surface area contributed by atoms with Crippen LogP contribution >= 0.6 is 0 Å². The van der Waals surface area contributed by atoms with Crippen LogP contribution in [0.4, 0.5) is 4.79 Å². The molecule has 9 heteroatoms. The topological polar surface area (TPSA) is 135 Å². The van der Waals surface area contributed by atoms with Gasteiger partial charge in [-0.15, -0.1) is 0 Å². The van der Waals surface area contributed by atoms with Crippen molar-refractivity contribution >= 4 is 6.16 Å². The summed E-state index contributed by atoms with van der Waals surface area (Å²) < 4.78 is 22.6. The Balaban J connectivity index is 2.32. The summed E-state index contributed by atoms with van der Waals surface area (Å²) in [6, 6.07) is 0. The molecule has 0 saturated carbocycles. The molecule has 4 N–H and O–H groups in total. The highest BCUT2D eigenvalue weighted by molar-refractivity contribution is 5.62. The third kappa shape index (κ3) is 5.55. The highest BCUT2D eigenvalue weighted by atomic mass is 16.7. The van der Waals surface area contributed by atoms with Gasteiger partial charge < -0.3 is 39.4 Å². The summed E-state index contributed by atoms with van der Waals surface area (Å²) in [6.07, 6.45) is -6.32. The molecule has 0 aromatic heterocycles. The SMILES string of the molecule is CC(C)O[C@@]1(C)C(OC(=O)OC[C@H]2O[C@H](O)[C@H](O)[C@@H](O)[C@H]2O)=CCC(C(C)C)C1(C(C)C)C(C)C. The zero-order valence-electron chi connectivity index (χ0n) is 22.6. The lowest BCUT2D eigenvalue weighted by atomic mass is 9.48. The molecule has 2 aliphatic rings. The number of allylic oxidation sites excluding steroid dienone is 1. The van der Waals surface area contributed by atoms with Crippen LogP contribution in [-0.4, -0.2) is 75.6 Å². The van der Waals surface area contributed by atoms with E-state index in [0.717, 1.165) is 0 Å². The van der Waals surface area contributed by atoms with Gasteiger partial charge in [0.1, 0.15) is 42.4 Å². The second-order valence-electron chi connectivity index (χ2n) is 11.3.